The molecule has 72 heavy (non-hydrogen) atoms. The van der Waals surface area contributed by atoms with Gasteiger partial charge in [-0.25, -0.2) is 0 Å². The van der Waals surface area contributed by atoms with Crippen molar-refractivity contribution < 1.29 is 19.2 Å². The summed E-state index contributed by atoms with van der Waals surface area (Å²) in [4.78, 5) is 56.5. The smallest absolute Gasteiger partial charge is 0.253 e. The fourth-order valence-corrected chi connectivity index (χ4v) is 11.6. The van der Waals surface area contributed by atoms with Gasteiger partial charge in [-0.05, 0) is 155 Å². The zero-order chi connectivity index (χ0) is 55.2. The van der Waals surface area contributed by atoms with Crippen molar-refractivity contribution in [3.8, 4) is 0 Å². The molecule has 1 unspecified atom stereocenters. The van der Waals surface area contributed by atoms with Crippen molar-refractivity contribution in [1.82, 2.24) is 9.80 Å². The quantitative estimate of drug-likeness (QED) is 0.0153. The number of hydrogen-bond acceptors (Lipinski definition) is 11. The number of likely N-dealkylation sites (N-methyl/N-ethyl adjacent to an activating group) is 1. The highest BCUT2D eigenvalue weighted by atomic mass is 32.2. The van der Waals surface area contributed by atoms with Gasteiger partial charge in [0, 0.05) is 57.6 Å². The van der Waals surface area contributed by atoms with E-state index in [-0.39, 0.29) is 28.9 Å². The number of hydrogen-bond donors (Lipinski definition) is 5. The number of amides is 4. The molecule has 0 spiro atoms. The van der Waals surface area contributed by atoms with Gasteiger partial charge in [-0.3, -0.25) is 44.4 Å². The molecule has 3 rings (SSSR count). The molecule has 2 fully saturated rings. The minimum absolute atomic E-state index is 0.0322. The Morgan fingerprint density at radius 3 is 1.39 bits per heavy atom. The van der Waals surface area contributed by atoms with Crippen LogP contribution >= 0.6 is 36.2 Å². The first-order valence-electron chi connectivity index (χ1n) is 28.1. The summed E-state index contributed by atoms with van der Waals surface area (Å²) < 4.78 is 0. The maximum absolute atomic E-state index is 12.0. The number of imide groups is 2. The van der Waals surface area contributed by atoms with Crippen LogP contribution in [0.15, 0.2) is 22.1 Å². The van der Waals surface area contributed by atoms with E-state index in [9.17, 15) is 19.2 Å². The Hall–Kier alpha value is -2.36. The van der Waals surface area contributed by atoms with Gasteiger partial charge in [0.05, 0.1) is 22.0 Å². The zero-order valence-electron chi connectivity index (χ0n) is 48.3. The Kier molecular flexibility index (Phi) is 43.7. The second-order valence-electron chi connectivity index (χ2n) is 21.6. The zero-order valence-corrected chi connectivity index (χ0v) is 50.8. The van der Waals surface area contributed by atoms with Crippen LogP contribution in [0.4, 0.5) is 0 Å². The first-order chi connectivity index (χ1) is 34.0. The van der Waals surface area contributed by atoms with Crippen molar-refractivity contribution in [3.63, 3.8) is 0 Å². The normalized spacial score (nSPS) is 16.3. The fourth-order valence-electron chi connectivity index (χ4n) is 9.52. The molecule has 420 valence electrons. The van der Waals surface area contributed by atoms with Crippen LogP contribution in [-0.2, 0) is 19.2 Å². The summed E-state index contributed by atoms with van der Waals surface area (Å²) in [6, 6.07) is 0. The number of thiol groups is 1. The highest BCUT2D eigenvalue weighted by molar-refractivity contribution is 8.14. The number of thioether (sulfide) groups is 2. The molecular formula is C57H110N8O4S3. The van der Waals surface area contributed by atoms with Crippen LogP contribution in [0.1, 0.15) is 200 Å². The Balaban J connectivity index is 0. The van der Waals surface area contributed by atoms with Gasteiger partial charge in [0.15, 0.2) is 0 Å². The summed E-state index contributed by atoms with van der Waals surface area (Å²) in [5, 5.41) is 7.68. The number of likely N-dealkylation sites (tertiary alicyclic amines) is 1. The molecule has 0 bridgehead atoms. The maximum atomic E-state index is 12.0. The van der Waals surface area contributed by atoms with Gasteiger partial charge >= 0.3 is 0 Å². The van der Waals surface area contributed by atoms with Crippen LogP contribution in [0.3, 0.4) is 0 Å². The number of rotatable bonds is 30. The number of amidine groups is 2. The lowest BCUT2D eigenvalue weighted by atomic mass is 9.82. The summed E-state index contributed by atoms with van der Waals surface area (Å²) in [5.74, 6) is 11.1. The predicted molar refractivity (Wildman–Crippen MR) is 320 cm³/mol. The molecule has 3 aliphatic rings. The second-order valence-corrected chi connectivity index (χ2v) is 24.5. The first kappa shape index (κ1) is 71.7. The van der Waals surface area contributed by atoms with Crippen molar-refractivity contribution in [2.24, 2.45) is 80.4 Å². The molecule has 12 nitrogen and oxygen atoms in total. The Bertz CT molecular complexity index is 1520. The average molecular weight is 1070 g/mol. The van der Waals surface area contributed by atoms with Crippen molar-refractivity contribution in [3.05, 3.63) is 12.2 Å². The van der Waals surface area contributed by atoms with Crippen molar-refractivity contribution in [2.75, 3.05) is 50.0 Å². The van der Waals surface area contributed by atoms with E-state index >= 15 is 0 Å². The van der Waals surface area contributed by atoms with E-state index in [1.807, 2.05) is 6.92 Å². The largest absolute Gasteiger partial charge is 0.387 e. The topological polar surface area (TPSA) is 201 Å². The van der Waals surface area contributed by atoms with Gasteiger partial charge in [-0.2, -0.15) is 12.6 Å². The third-order valence-corrected chi connectivity index (χ3v) is 16.4. The SMILES string of the molecule is CC(C)C(CCCCN)C(C)C.CC(C)C(CCCCN=C(N)CCCS)C(C)C.CCN1C(=O)C=CC1=O.CCN1C(=O)CC(SCCCC(N)=NCCCCC(C(C)C)C(C)C)C1=O.N=C1CCCS1. The van der Waals surface area contributed by atoms with Crippen LogP contribution in [0.25, 0.3) is 0 Å². The fraction of sp³-hybridized carbons (Fsp3) is 0.842. The second kappa shape index (κ2) is 43.8. The van der Waals surface area contributed by atoms with Crippen LogP contribution in [0.5, 0.6) is 0 Å². The molecule has 3 heterocycles. The van der Waals surface area contributed by atoms with Crippen LogP contribution in [-0.4, -0.2) is 105 Å². The van der Waals surface area contributed by atoms with Crippen molar-refractivity contribution >= 4 is 76.5 Å². The standard InChI is InChI=1S/C21H39N3O2S.C15H32N2S.C11H25N.C6H7NO2.C4H7NS/c1-6-24-20(25)14-18(21(24)26)27-13-9-11-19(22)23-12-8-7-10-17(15(2)3)16(4)5;1-12(2)14(13(3)4)8-5-6-10-17-15(16)9-7-11-18;1-9(2)11(10(3)4)7-5-6-8-12;1-2-7-5(8)3-4-6(7)9;5-4-2-1-3-6-4/h15-18H,6-14H2,1-5H3,(H2,22,23);12-14,18H,5-11H2,1-4H3,(H2,16,17);9-11H,5-8,12H2,1-4H3;3-4H,2H2,1H3;5H,1-3H2. The van der Waals surface area contributed by atoms with E-state index in [1.54, 1.807) is 30.4 Å². The number of carbonyl (C=O) groups is 4. The van der Waals surface area contributed by atoms with Gasteiger partial charge in [-0.1, -0.05) is 102 Å². The van der Waals surface area contributed by atoms with Crippen LogP contribution < -0.4 is 17.2 Å². The molecule has 0 saturated carbocycles. The van der Waals surface area contributed by atoms with Crippen molar-refractivity contribution in [1.29, 1.82) is 5.41 Å². The van der Waals surface area contributed by atoms with E-state index in [1.165, 1.54) is 79.1 Å². The average Bonchev–Trinajstić information content (AvgIpc) is 4.01. The number of aliphatic imine (C=N–C) groups is 2. The molecule has 1 atom stereocenters. The highest BCUT2D eigenvalue weighted by Gasteiger charge is 2.37. The summed E-state index contributed by atoms with van der Waals surface area (Å²) >= 11 is 7.43. The van der Waals surface area contributed by atoms with Gasteiger partial charge in [0.2, 0.25) is 11.8 Å². The summed E-state index contributed by atoms with van der Waals surface area (Å²) in [7, 11) is 0. The minimum Gasteiger partial charge on any atom is -0.387 e. The molecule has 7 N–H and O–H groups in total. The maximum Gasteiger partial charge on any atom is 0.253 e. The molecule has 2 saturated heterocycles. The van der Waals surface area contributed by atoms with Crippen molar-refractivity contribution in [2.45, 2.75) is 205 Å². The monoisotopic (exact) mass is 1070 g/mol. The Labute approximate surface area is 456 Å². The third kappa shape index (κ3) is 34.3. The molecule has 4 amide bonds. The van der Waals surface area contributed by atoms with E-state index in [2.05, 4.69) is 106 Å². The third-order valence-electron chi connectivity index (χ3n) is 13.7. The van der Waals surface area contributed by atoms with E-state index < -0.39 is 0 Å². The molecule has 0 aromatic rings. The minimum atomic E-state index is -0.206. The molecule has 0 aliphatic carbocycles. The van der Waals surface area contributed by atoms with Gasteiger partial charge in [-0.15, -0.1) is 23.5 Å². The lowest BCUT2D eigenvalue weighted by molar-refractivity contribution is -0.138. The van der Waals surface area contributed by atoms with Crippen LogP contribution in [0.2, 0.25) is 0 Å². The number of nitrogens with zero attached hydrogens (tertiary/aromatic N) is 4. The molecule has 3 aliphatic heterocycles. The summed E-state index contributed by atoms with van der Waals surface area (Å²) in [6.45, 7) is 35.0. The lowest BCUT2D eigenvalue weighted by Crippen LogP contribution is -2.30. The summed E-state index contributed by atoms with van der Waals surface area (Å²) in [5.41, 5.74) is 17.3. The van der Waals surface area contributed by atoms with E-state index in [0.717, 1.165) is 140 Å². The van der Waals surface area contributed by atoms with Gasteiger partial charge < -0.3 is 17.2 Å². The Morgan fingerprint density at radius 1 is 0.667 bits per heavy atom. The Morgan fingerprint density at radius 2 is 1.08 bits per heavy atom. The number of nitrogens with one attached hydrogen (secondary N) is 1. The molecule has 0 radical (unpaired) electrons. The first-order valence-corrected chi connectivity index (χ1v) is 30.7. The number of carbonyl (C=O) groups excluding carboxylic acids is 4. The lowest BCUT2D eigenvalue weighted by Gasteiger charge is -2.24. The molecule has 15 heteroatoms. The summed E-state index contributed by atoms with van der Waals surface area (Å²) in [6.07, 6.45) is 19.9. The molecular weight excluding hydrogens is 957 g/mol. The van der Waals surface area contributed by atoms with Gasteiger partial charge in [0.1, 0.15) is 0 Å². The molecule has 0 aromatic heterocycles. The highest BCUT2D eigenvalue weighted by Crippen LogP contribution is 2.29. The van der Waals surface area contributed by atoms with E-state index in [4.69, 9.17) is 22.6 Å². The van der Waals surface area contributed by atoms with Gasteiger partial charge in [0.25, 0.3) is 11.8 Å². The van der Waals surface area contributed by atoms with Crippen LogP contribution in [0, 0.1) is 58.7 Å². The molecule has 0 aromatic carbocycles. The van der Waals surface area contributed by atoms with E-state index in [0.29, 0.717) is 25.3 Å². The number of unbranched alkanes of at least 4 members (excludes halogenated alkanes) is 3. The number of nitrogens with two attached hydrogens (primary N) is 3. The predicted octanol–water partition coefficient (Wildman–Crippen LogP) is 12.7.